The highest BCUT2D eigenvalue weighted by molar-refractivity contribution is 7.99. The van der Waals surface area contributed by atoms with Crippen molar-refractivity contribution in [3.05, 3.63) is 57.6 Å². The van der Waals surface area contributed by atoms with Crippen LogP contribution >= 0.6 is 23.4 Å². The topological polar surface area (TPSA) is 90.7 Å². The summed E-state index contributed by atoms with van der Waals surface area (Å²) in [6.45, 7) is 0.138. The molecule has 1 amide bonds. The van der Waals surface area contributed by atoms with Gasteiger partial charge in [0.05, 0.1) is 18.1 Å². The number of hydrogen-bond acceptors (Lipinski definition) is 6. The van der Waals surface area contributed by atoms with Gasteiger partial charge in [0.15, 0.2) is 12.4 Å². The molecule has 0 fully saturated rings. The number of nitrogens with one attached hydrogen (secondary N) is 1. The average Bonchev–Trinajstić information content (AvgIpc) is 2.64. The van der Waals surface area contributed by atoms with Gasteiger partial charge in [0.25, 0.3) is 5.91 Å². The van der Waals surface area contributed by atoms with Crippen LogP contribution in [0.4, 0.5) is 5.69 Å². The molecule has 0 aromatic heterocycles. The molecule has 0 saturated carbocycles. The van der Waals surface area contributed by atoms with Crippen molar-refractivity contribution in [2.75, 3.05) is 26.0 Å². The van der Waals surface area contributed by atoms with Crippen LogP contribution in [0.3, 0.4) is 0 Å². The molecule has 2 aromatic rings. The lowest BCUT2D eigenvalue weighted by Crippen LogP contribution is -2.30. The van der Waals surface area contributed by atoms with E-state index in [0.29, 0.717) is 23.1 Å². The first-order chi connectivity index (χ1) is 12.5. The molecule has 7 nitrogen and oxygen atoms in total. The van der Waals surface area contributed by atoms with E-state index in [1.54, 1.807) is 23.9 Å². The summed E-state index contributed by atoms with van der Waals surface area (Å²) in [6.07, 6.45) is 0. The molecule has 0 spiro atoms. The summed E-state index contributed by atoms with van der Waals surface area (Å²) in [7, 11) is 1.41. The first kappa shape index (κ1) is 19.9. The minimum Gasteiger partial charge on any atom is -0.496 e. The molecule has 0 aliphatic heterocycles. The molecule has 2 aromatic carbocycles. The normalized spacial score (nSPS) is 10.2. The van der Waals surface area contributed by atoms with Crippen molar-refractivity contribution in [2.45, 2.75) is 4.90 Å². The van der Waals surface area contributed by atoms with E-state index in [1.807, 2.05) is 12.1 Å². The zero-order valence-corrected chi connectivity index (χ0v) is 15.5. The molecule has 0 heterocycles. The van der Waals surface area contributed by atoms with Crippen molar-refractivity contribution in [1.82, 2.24) is 5.32 Å². The maximum absolute atomic E-state index is 11.8. The lowest BCUT2D eigenvalue weighted by atomic mass is 10.3. The van der Waals surface area contributed by atoms with Crippen molar-refractivity contribution in [3.63, 3.8) is 0 Å². The third-order valence-corrected chi connectivity index (χ3v) is 4.49. The largest absolute Gasteiger partial charge is 0.496 e. The monoisotopic (exact) mass is 396 g/mol. The van der Waals surface area contributed by atoms with E-state index in [9.17, 15) is 14.9 Å². The van der Waals surface area contributed by atoms with Crippen LogP contribution in [0.25, 0.3) is 0 Å². The van der Waals surface area contributed by atoms with E-state index in [-0.39, 0.29) is 24.0 Å². The lowest BCUT2D eigenvalue weighted by Gasteiger charge is -2.09. The van der Waals surface area contributed by atoms with Crippen LogP contribution in [0, 0.1) is 10.1 Å². The second kappa shape index (κ2) is 9.88. The molecule has 138 valence electrons. The van der Waals surface area contributed by atoms with Crippen LogP contribution in [0.1, 0.15) is 0 Å². The molecule has 26 heavy (non-hydrogen) atoms. The number of carbonyl (C=O) groups excluding carboxylic acids is 1. The van der Waals surface area contributed by atoms with Crippen LogP contribution < -0.4 is 14.8 Å². The van der Waals surface area contributed by atoms with E-state index in [0.717, 1.165) is 4.90 Å². The number of thioether (sulfide) groups is 1. The van der Waals surface area contributed by atoms with Crippen molar-refractivity contribution in [1.29, 1.82) is 0 Å². The van der Waals surface area contributed by atoms with Crippen LogP contribution in [-0.2, 0) is 4.79 Å². The average molecular weight is 397 g/mol. The number of rotatable bonds is 9. The predicted molar refractivity (Wildman–Crippen MR) is 100 cm³/mol. The van der Waals surface area contributed by atoms with Gasteiger partial charge in [-0.25, -0.2) is 0 Å². The molecule has 1 N–H and O–H groups in total. The molecule has 0 aliphatic carbocycles. The standard InChI is InChI=1S/C17H17ClN2O5S/c1-24-13-4-7-16(15(10-13)20(22)23)25-11-17(21)19-8-9-26-14-5-2-12(18)3-6-14/h2-7,10H,8-9,11H2,1H3,(H,19,21). The number of nitro groups is 1. The number of hydrogen-bond donors (Lipinski definition) is 1. The third-order valence-electron chi connectivity index (χ3n) is 3.23. The van der Waals surface area contributed by atoms with Gasteiger partial charge in [-0.05, 0) is 36.4 Å². The van der Waals surface area contributed by atoms with Crippen molar-refractivity contribution in [2.24, 2.45) is 0 Å². The minimum absolute atomic E-state index is 0.0153. The summed E-state index contributed by atoms with van der Waals surface area (Å²) in [5.41, 5.74) is -0.254. The molecule has 0 bridgehead atoms. The SMILES string of the molecule is COc1ccc(OCC(=O)NCCSc2ccc(Cl)cc2)c([N+](=O)[O-])c1. The quantitative estimate of drug-likeness (QED) is 0.302. The summed E-state index contributed by atoms with van der Waals surface area (Å²) < 4.78 is 10.2. The Morgan fingerprint density at radius 2 is 2.00 bits per heavy atom. The number of halogens is 1. The van der Waals surface area contributed by atoms with Gasteiger partial charge in [0, 0.05) is 22.2 Å². The first-order valence-corrected chi connectivity index (χ1v) is 8.96. The Hall–Kier alpha value is -2.45. The van der Waals surface area contributed by atoms with Gasteiger partial charge in [-0.3, -0.25) is 14.9 Å². The molecule has 0 aliphatic rings. The number of benzene rings is 2. The van der Waals surface area contributed by atoms with Gasteiger partial charge in [-0.1, -0.05) is 11.6 Å². The fourth-order valence-corrected chi connectivity index (χ4v) is 2.87. The van der Waals surface area contributed by atoms with Gasteiger partial charge in [-0.2, -0.15) is 0 Å². The molecule has 0 unspecified atom stereocenters. The Labute approximate surface area is 159 Å². The van der Waals surface area contributed by atoms with Gasteiger partial charge in [0.1, 0.15) is 5.75 Å². The van der Waals surface area contributed by atoms with Crippen LogP contribution in [0.2, 0.25) is 5.02 Å². The smallest absolute Gasteiger partial charge is 0.314 e. The van der Waals surface area contributed by atoms with E-state index in [2.05, 4.69) is 5.32 Å². The Balaban J connectivity index is 1.76. The van der Waals surface area contributed by atoms with Crippen LogP contribution in [0.15, 0.2) is 47.4 Å². The Morgan fingerprint density at radius 3 is 2.65 bits per heavy atom. The van der Waals surface area contributed by atoms with E-state index in [1.165, 1.54) is 25.3 Å². The summed E-state index contributed by atoms with van der Waals surface area (Å²) in [5, 5.41) is 14.4. The Morgan fingerprint density at radius 1 is 1.27 bits per heavy atom. The zero-order chi connectivity index (χ0) is 18.9. The lowest BCUT2D eigenvalue weighted by molar-refractivity contribution is -0.385. The molecule has 0 atom stereocenters. The summed E-state index contributed by atoms with van der Waals surface area (Å²) in [6, 6.07) is 11.6. The van der Waals surface area contributed by atoms with Gasteiger partial charge < -0.3 is 14.8 Å². The Bertz CT molecular complexity index is 770. The number of methoxy groups -OCH3 is 1. The number of ether oxygens (including phenoxy) is 2. The summed E-state index contributed by atoms with van der Waals surface area (Å²) >= 11 is 7.40. The fourth-order valence-electron chi connectivity index (χ4n) is 1.97. The number of amides is 1. The highest BCUT2D eigenvalue weighted by Crippen LogP contribution is 2.30. The van der Waals surface area contributed by atoms with Crippen molar-refractivity contribution >= 4 is 35.0 Å². The van der Waals surface area contributed by atoms with Crippen LogP contribution in [0.5, 0.6) is 11.5 Å². The highest BCUT2D eigenvalue weighted by Gasteiger charge is 2.17. The molecular formula is C17H17ClN2O5S. The number of carbonyl (C=O) groups is 1. The predicted octanol–water partition coefficient (Wildman–Crippen LogP) is 3.54. The maximum atomic E-state index is 11.8. The Kier molecular flexibility index (Phi) is 7.55. The van der Waals surface area contributed by atoms with Gasteiger partial charge in [-0.15, -0.1) is 11.8 Å². The zero-order valence-electron chi connectivity index (χ0n) is 13.9. The van der Waals surface area contributed by atoms with Crippen LogP contribution in [-0.4, -0.2) is 36.8 Å². The molecule has 2 rings (SSSR count). The highest BCUT2D eigenvalue weighted by atomic mass is 35.5. The second-order valence-electron chi connectivity index (χ2n) is 5.03. The van der Waals surface area contributed by atoms with Crippen molar-refractivity contribution < 1.29 is 19.2 Å². The number of nitrogens with zero attached hydrogens (tertiary/aromatic N) is 1. The molecule has 9 heteroatoms. The maximum Gasteiger partial charge on any atom is 0.314 e. The molecular weight excluding hydrogens is 380 g/mol. The summed E-state index contributed by atoms with van der Waals surface area (Å²) in [4.78, 5) is 23.3. The van der Waals surface area contributed by atoms with E-state index >= 15 is 0 Å². The molecule has 0 saturated heterocycles. The third kappa shape index (κ3) is 6.12. The van der Waals surface area contributed by atoms with Crippen molar-refractivity contribution in [3.8, 4) is 11.5 Å². The van der Waals surface area contributed by atoms with Gasteiger partial charge >= 0.3 is 5.69 Å². The number of nitro benzene ring substituents is 1. The minimum atomic E-state index is -0.585. The summed E-state index contributed by atoms with van der Waals surface area (Å²) in [5.74, 6) is 0.678. The molecule has 0 radical (unpaired) electrons. The van der Waals surface area contributed by atoms with Gasteiger partial charge in [0.2, 0.25) is 0 Å². The first-order valence-electron chi connectivity index (χ1n) is 7.60. The van der Waals surface area contributed by atoms with E-state index in [4.69, 9.17) is 21.1 Å². The fraction of sp³-hybridized carbons (Fsp3) is 0.235. The second-order valence-corrected chi connectivity index (χ2v) is 6.64. The van der Waals surface area contributed by atoms with E-state index < -0.39 is 4.92 Å².